The second kappa shape index (κ2) is 7.80. The van der Waals surface area contributed by atoms with Gasteiger partial charge in [0.05, 0.1) is 5.56 Å². The van der Waals surface area contributed by atoms with Gasteiger partial charge in [-0.3, -0.25) is 9.59 Å². The highest BCUT2D eigenvalue weighted by Gasteiger charge is 2.23. The molecule has 0 aliphatic heterocycles. The lowest BCUT2D eigenvalue weighted by atomic mass is 10.0. The second-order valence-electron chi connectivity index (χ2n) is 6.57. The highest BCUT2D eigenvalue weighted by atomic mass is 32.1. The summed E-state index contributed by atoms with van der Waals surface area (Å²) in [5.74, 6) is -0.0510. The minimum atomic E-state index is -0.374. The summed E-state index contributed by atoms with van der Waals surface area (Å²) < 4.78 is 5.06. The van der Waals surface area contributed by atoms with E-state index < -0.39 is 0 Å². The summed E-state index contributed by atoms with van der Waals surface area (Å²) in [7, 11) is 0. The number of ether oxygens (including phenoxy) is 1. The Balaban J connectivity index is 1.44. The summed E-state index contributed by atoms with van der Waals surface area (Å²) in [6.07, 6.45) is 9.11. The van der Waals surface area contributed by atoms with Gasteiger partial charge in [0.2, 0.25) is 0 Å². The topological polar surface area (TPSA) is 79.2 Å². The van der Waals surface area contributed by atoms with Crippen LogP contribution in [0.5, 0.6) is 0 Å². The van der Waals surface area contributed by atoms with Gasteiger partial charge in [-0.2, -0.15) is 5.26 Å². The van der Waals surface area contributed by atoms with Gasteiger partial charge in [-0.05, 0) is 37.2 Å². The molecule has 0 saturated heterocycles. The highest BCUT2D eigenvalue weighted by Crippen LogP contribution is 2.38. The van der Waals surface area contributed by atoms with Crippen LogP contribution in [0.2, 0.25) is 0 Å². The number of rotatable bonds is 6. The van der Waals surface area contributed by atoms with Crippen LogP contribution in [0.4, 0.5) is 5.00 Å². The van der Waals surface area contributed by atoms with E-state index in [2.05, 4.69) is 11.4 Å². The molecule has 2 aliphatic rings. The SMILES string of the molecule is N#Cc1c(NC(=O)COC(=O)CCC2CCCC2)sc2c1CCC2. The van der Waals surface area contributed by atoms with E-state index in [9.17, 15) is 14.9 Å². The molecule has 2 aliphatic carbocycles. The van der Waals surface area contributed by atoms with E-state index in [1.54, 1.807) is 0 Å². The van der Waals surface area contributed by atoms with E-state index in [1.807, 2.05) is 0 Å². The van der Waals surface area contributed by atoms with Gasteiger partial charge >= 0.3 is 5.97 Å². The number of nitrogens with one attached hydrogen (secondary N) is 1. The van der Waals surface area contributed by atoms with Crippen molar-refractivity contribution in [2.45, 2.75) is 57.8 Å². The summed E-state index contributed by atoms with van der Waals surface area (Å²) >= 11 is 1.47. The third-order valence-electron chi connectivity index (χ3n) is 4.88. The van der Waals surface area contributed by atoms with E-state index in [-0.39, 0.29) is 18.5 Å². The molecular weight excluding hydrogens is 324 g/mol. The van der Waals surface area contributed by atoms with Crippen molar-refractivity contribution < 1.29 is 14.3 Å². The van der Waals surface area contributed by atoms with Crippen molar-refractivity contribution >= 4 is 28.2 Å². The van der Waals surface area contributed by atoms with E-state index in [4.69, 9.17) is 4.74 Å². The van der Waals surface area contributed by atoms with Crippen molar-refractivity contribution in [3.05, 3.63) is 16.0 Å². The molecule has 3 rings (SSSR count). The first-order valence-corrected chi connectivity index (χ1v) is 9.49. The molecule has 0 spiro atoms. The van der Waals surface area contributed by atoms with Gasteiger partial charge < -0.3 is 10.1 Å². The lowest BCUT2D eigenvalue weighted by Gasteiger charge is -2.09. The lowest BCUT2D eigenvalue weighted by Crippen LogP contribution is -2.21. The van der Waals surface area contributed by atoms with Crippen LogP contribution < -0.4 is 5.32 Å². The number of hydrogen-bond acceptors (Lipinski definition) is 5. The molecule has 6 heteroatoms. The largest absolute Gasteiger partial charge is 0.456 e. The minimum absolute atomic E-state index is 0.281. The van der Waals surface area contributed by atoms with Gasteiger partial charge in [0, 0.05) is 11.3 Å². The van der Waals surface area contributed by atoms with Crippen LogP contribution in [0.25, 0.3) is 0 Å². The maximum atomic E-state index is 12.0. The molecule has 1 saturated carbocycles. The Morgan fingerprint density at radius 1 is 1.25 bits per heavy atom. The average molecular weight is 346 g/mol. The number of fused-ring (bicyclic) bond motifs is 1. The average Bonchev–Trinajstić information content (AvgIpc) is 3.28. The van der Waals surface area contributed by atoms with Crippen LogP contribution >= 0.6 is 11.3 Å². The van der Waals surface area contributed by atoms with Crippen LogP contribution in [-0.2, 0) is 27.2 Å². The van der Waals surface area contributed by atoms with Gasteiger partial charge in [0.15, 0.2) is 6.61 Å². The van der Waals surface area contributed by atoms with Crippen LogP contribution in [0.15, 0.2) is 0 Å². The Bertz CT molecular complexity index is 669. The molecule has 0 radical (unpaired) electrons. The number of nitrogens with zero attached hydrogens (tertiary/aromatic N) is 1. The Kier molecular flexibility index (Phi) is 5.52. The van der Waals surface area contributed by atoms with Crippen molar-refractivity contribution in [1.82, 2.24) is 0 Å². The molecule has 1 heterocycles. The van der Waals surface area contributed by atoms with Crippen molar-refractivity contribution in [3.63, 3.8) is 0 Å². The molecule has 0 atom stereocenters. The van der Waals surface area contributed by atoms with Gasteiger partial charge in [-0.15, -0.1) is 11.3 Å². The third kappa shape index (κ3) is 3.96. The molecule has 1 aromatic heterocycles. The maximum absolute atomic E-state index is 12.0. The molecular formula is C18H22N2O3S. The lowest BCUT2D eigenvalue weighted by molar-refractivity contribution is -0.147. The van der Waals surface area contributed by atoms with Gasteiger partial charge in [0.1, 0.15) is 11.1 Å². The molecule has 1 fully saturated rings. The molecule has 1 N–H and O–H groups in total. The fourth-order valence-electron chi connectivity index (χ4n) is 3.61. The Labute approximate surface area is 146 Å². The standard InChI is InChI=1S/C18H22N2O3S/c19-10-14-13-6-3-7-15(13)24-18(14)20-16(21)11-23-17(22)9-8-12-4-1-2-5-12/h12H,1-9,11H2,(H,20,21). The third-order valence-corrected chi connectivity index (χ3v) is 6.09. The maximum Gasteiger partial charge on any atom is 0.306 e. The summed E-state index contributed by atoms with van der Waals surface area (Å²) in [5.41, 5.74) is 1.65. The first-order chi connectivity index (χ1) is 11.7. The van der Waals surface area contributed by atoms with Crippen LogP contribution in [0, 0.1) is 17.2 Å². The van der Waals surface area contributed by atoms with Crippen molar-refractivity contribution in [3.8, 4) is 6.07 Å². The quantitative estimate of drug-likeness (QED) is 0.799. The Morgan fingerprint density at radius 3 is 2.79 bits per heavy atom. The zero-order chi connectivity index (χ0) is 16.9. The number of aryl methyl sites for hydroxylation is 1. The van der Waals surface area contributed by atoms with Crippen molar-refractivity contribution in [1.29, 1.82) is 5.26 Å². The van der Waals surface area contributed by atoms with Crippen LogP contribution in [0.3, 0.4) is 0 Å². The van der Waals surface area contributed by atoms with Gasteiger partial charge in [-0.25, -0.2) is 0 Å². The monoisotopic (exact) mass is 346 g/mol. The zero-order valence-corrected chi connectivity index (χ0v) is 14.5. The molecule has 5 nitrogen and oxygen atoms in total. The van der Waals surface area contributed by atoms with E-state index in [0.717, 1.165) is 31.2 Å². The smallest absolute Gasteiger partial charge is 0.306 e. The number of carbonyl (C=O) groups excluding carboxylic acids is 2. The van der Waals surface area contributed by atoms with E-state index in [1.165, 1.54) is 41.9 Å². The number of anilines is 1. The minimum Gasteiger partial charge on any atom is -0.456 e. The Morgan fingerprint density at radius 2 is 2.04 bits per heavy atom. The van der Waals surface area contributed by atoms with Gasteiger partial charge in [0.25, 0.3) is 5.91 Å². The zero-order valence-electron chi connectivity index (χ0n) is 13.7. The molecule has 1 amide bonds. The summed E-state index contributed by atoms with van der Waals surface area (Å²) in [4.78, 5) is 24.9. The first kappa shape index (κ1) is 17.0. The van der Waals surface area contributed by atoms with Crippen molar-refractivity contribution in [2.75, 3.05) is 11.9 Å². The number of hydrogen-bond donors (Lipinski definition) is 1. The molecule has 0 bridgehead atoms. The van der Waals surface area contributed by atoms with E-state index in [0.29, 0.717) is 22.9 Å². The second-order valence-corrected chi connectivity index (χ2v) is 7.68. The first-order valence-electron chi connectivity index (χ1n) is 8.67. The molecule has 24 heavy (non-hydrogen) atoms. The molecule has 0 unspecified atom stereocenters. The van der Waals surface area contributed by atoms with Gasteiger partial charge in [-0.1, -0.05) is 25.7 Å². The number of thiophene rings is 1. The number of amides is 1. The number of nitriles is 1. The van der Waals surface area contributed by atoms with Crippen LogP contribution in [0.1, 0.15) is 60.9 Å². The predicted octanol–water partition coefficient (Wildman–Crippen LogP) is 3.56. The number of carbonyl (C=O) groups is 2. The highest BCUT2D eigenvalue weighted by molar-refractivity contribution is 7.16. The summed E-state index contributed by atoms with van der Waals surface area (Å²) in [6.45, 7) is -0.281. The fraction of sp³-hybridized carbons (Fsp3) is 0.611. The number of esters is 1. The van der Waals surface area contributed by atoms with E-state index >= 15 is 0 Å². The fourth-order valence-corrected chi connectivity index (χ4v) is 4.87. The summed E-state index contributed by atoms with van der Waals surface area (Å²) in [5, 5.41) is 12.6. The normalized spacial score (nSPS) is 16.6. The molecule has 1 aromatic rings. The van der Waals surface area contributed by atoms with Crippen molar-refractivity contribution in [2.24, 2.45) is 5.92 Å². The molecule has 0 aromatic carbocycles. The molecule has 128 valence electrons. The Hall–Kier alpha value is -1.87. The van der Waals surface area contributed by atoms with Crippen LogP contribution in [-0.4, -0.2) is 18.5 Å². The summed E-state index contributed by atoms with van der Waals surface area (Å²) in [6, 6.07) is 2.19. The predicted molar refractivity (Wildman–Crippen MR) is 91.8 cm³/mol.